The molecule has 1 N–H and O–H groups in total. The lowest BCUT2D eigenvalue weighted by atomic mass is 10.1. The second-order valence-corrected chi connectivity index (χ2v) is 5.85. The molecule has 1 saturated heterocycles. The number of nitro benzene ring substituents is 1. The van der Waals surface area contributed by atoms with Gasteiger partial charge in [0.25, 0.3) is 5.69 Å². The fourth-order valence-electron chi connectivity index (χ4n) is 2.56. The quantitative estimate of drug-likeness (QED) is 0.646. The number of hydrogen-bond acceptors (Lipinski definition) is 4. The number of halogens is 1. The van der Waals surface area contributed by atoms with E-state index in [0.717, 1.165) is 13.1 Å². The molecular weight excluding hydrogens is 278 g/mol. The minimum absolute atomic E-state index is 0.0332. The first-order chi connectivity index (χ1) is 9.56. The molecule has 5 nitrogen and oxygen atoms in total. The Morgan fingerprint density at radius 3 is 2.80 bits per heavy atom. The highest BCUT2D eigenvalue weighted by Gasteiger charge is 2.17. The van der Waals surface area contributed by atoms with Crippen molar-refractivity contribution in [2.45, 2.75) is 19.8 Å². The van der Waals surface area contributed by atoms with Crippen molar-refractivity contribution in [2.24, 2.45) is 5.92 Å². The summed E-state index contributed by atoms with van der Waals surface area (Å²) in [6.45, 7) is 6.26. The zero-order valence-corrected chi connectivity index (χ0v) is 12.4. The van der Waals surface area contributed by atoms with Gasteiger partial charge in [0, 0.05) is 24.2 Å². The van der Waals surface area contributed by atoms with Crippen LogP contribution in [0.25, 0.3) is 0 Å². The van der Waals surface area contributed by atoms with Gasteiger partial charge in [0.1, 0.15) is 5.69 Å². The van der Waals surface area contributed by atoms with Crippen LogP contribution in [-0.4, -0.2) is 36.0 Å². The normalized spacial score (nSPS) is 17.1. The van der Waals surface area contributed by atoms with Crippen molar-refractivity contribution in [3.8, 4) is 0 Å². The van der Waals surface area contributed by atoms with Gasteiger partial charge in [0.15, 0.2) is 0 Å². The van der Waals surface area contributed by atoms with E-state index in [9.17, 15) is 10.1 Å². The van der Waals surface area contributed by atoms with Crippen molar-refractivity contribution in [1.29, 1.82) is 0 Å². The number of rotatable bonds is 6. The minimum Gasteiger partial charge on any atom is -0.379 e. The van der Waals surface area contributed by atoms with Crippen molar-refractivity contribution >= 4 is 23.0 Å². The van der Waals surface area contributed by atoms with Gasteiger partial charge < -0.3 is 10.2 Å². The van der Waals surface area contributed by atoms with Gasteiger partial charge in [0.05, 0.1) is 4.92 Å². The van der Waals surface area contributed by atoms with Crippen molar-refractivity contribution in [1.82, 2.24) is 4.90 Å². The van der Waals surface area contributed by atoms with E-state index in [1.807, 2.05) is 0 Å². The summed E-state index contributed by atoms with van der Waals surface area (Å²) < 4.78 is 0. The third-order valence-electron chi connectivity index (χ3n) is 3.57. The standard InChI is InChI=1S/C14H20ClN3O2/c1-11(10-17-6-2-3-7-17)9-16-13-5-4-12(15)8-14(13)18(19)20/h4-5,8,11,16H,2-3,6-7,9-10H2,1H3. The van der Waals surface area contributed by atoms with E-state index < -0.39 is 4.92 Å². The maximum absolute atomic E-state index is 11.0. The van der Waals surface area contributed by atoms with E-state index in [0.29, 0.717) is 16.6 Å². The predicted octanol–water partition coefficient (Wildman–Crippen LogP) is 3.39. The summed E-state index contributed by atoms with van der Waals surface area (Å²) in [5.41, 5.74) is 0.568. The highest BCUT2D eigenvalue weighted by molar-refractivity contribution is 6.30. The van der Waals surface area contributed by atoms with Gasteiger partial charge in [-0.1, -0.05) is 18.5 Å². The summed E-state index contributed by atoms with van der Waals surface area (Å²) in [5, 5.41) is 14.5. The third-order valence-corrected chi connectivity index (χ3v) is 3.80. The van der Waals surface area contributed by atoms with Crippen molar-refractivity contribution in [3.63, 3.8) is 0 Å². The Hall–Kier alpha value is -1.33. The summed E-state index contributed by atoms with van der Waals surface area (Å²) in [6, 6.07) is 4.72. The summed E-state index contributed by atoms with van der Waals surface area (Å²) in [7, 11) is 0. The Morgan fingerprint density at radius 1 is 1.45 bits per heavy atom. The molecule has 20 heavy (non-hydrogen) atoms. The van der Waals surface area contributed by atoms with Crippen LogP contribution in [0.5, 0.6) is 0 Å². The highest BCUT2D eigenvalue weighted by atomic mass is 35.5. The zero-order chi connectivity index (χ0) is 14.5. The summed E-state index contributed by atoms with van der Waals surface area (Å²) in [4.78, 5) is 13.0. The predicted molar refractivity (Wildman–Crippen MR) is 81.4 cm³/mol. The van der Waals surface area contributed by atoms with Gasteiger partial charge in [-0.15, -0.1) is 0 Å². The van der Waals surface area contributed by atoms with Gasteiger partial charge in [0.2, 0.25) is 0 Å². The molecule has 0 bridgehead atoms. The summed E-state index contributed by atoms with van der Waals surface area (Å²) in [6.07, 6.45) is 2.56. The molecule has 1 aromatic rings. The van der Waals surface area contributed by atoms with E-state index in [2.05, 4.69) is 17.1 Å². The first-order valence-corrected chi connectivity index (χ1v) is 7.34. The van der Waals surface area contributed by atoms with Gasteiger partial charge in [-0.05, 0) is 44.0 Å². The molecule has 0 spiro atoms. The Kier molecular flexibility index (Phi) is 5.20. The number of nitro groups is 1. The second kappa shape index (κ2) is 6.90. The Morgan fingerprint density at radius 2 is 2.15 bits per heavy atom. The van der Waals surface area contributed by atoms with E-state index in [4.69, 9.17) is 11.6 Å². The van der Waals surface area contributed by atoms with Crippen LogP contribution in [0.3, 0.4) is 0 Å². The van der Waals surface area contributed by atoms with E-state index in [1.165, 1.54) is 32.0 Å². The Bertz CT molecular complexity index is 475. The molecule has 2 rings (SSSR count). The second-order valence-electron chi connectivity index (χ2n) is 5.41. The van der Waals surface area contributed by atoms with Crippen molar-refractivity contribution in [3.05, 3.63) is 33.3 Å². The lowest BCUT2D eigenvalue weighted by Gasteiger charge is -2.20. The lowest BCUT2D eigenvalue weighted by Crippen LogP contribution is -2.28. The Balaban J connectivity index is 1.91. The number of likely N-dealkylation sites (tertiary alicyclic amines) is 1. The maximum Gasteiger partial charge on any atom is 0.293 e. The SMILES string of the molecule is CC(CNc1ccc(Cl)cc1[N+](=O)[O-])CN1CCCC1. The molecular formula is C14H20ClN3O2. The Labute approximate surface area is 124 Å². The molecule has 0 radical (unpaired) electrons. The molecule has 1 fully saturated rings. The van der Waals surface area contributed by atoms with Crippen LogP contribution < -0.4 is 5.32 Å². The summed E-state index contributed by atoms with van der Waals surface area (Å²) >= 11 is 5.80. The van der Waals surface area contributed by atoms with Crippen molar-refractivity contribution in [2.75, 3.05) is 31.5 Å². The molecule has 1 heterocycles. The number of nitrogens with one attached hydrogen (secondary N) is 1. The van der Waals surface area contributed by atoms with Gasteiger partial charge in [-0.2, -0.15) is 0 Å². The van der Waals surface area contributed by atoms with Crippen LogP contribution in [0.2, 0.25) is 5.02 Å². The van der Waals surface area contributed by atoms with E-state index in [1.54, 1.807) is 12.1 Å². The van der Waals surface area contributed by atoms with Crippen LogP contribution in [0, 0.1) is 16.0 Å². The number of benzene rings is 1. The maximum atomic E-state index is 11.0. The van der Waals surface area contributed by atoms with Gasteiger partial charge >= 0.3 is 0 Å². The van der Waals surface area contributed by atoms with Crippen molar-refractivity contribution < 1.29 is 4.92 Å². The topological polar surface area (TPSA) is 58.4 Å². The van der Waals surface area contributed by atoms with Crippen LogP contribution in [0.15, 0.2) is 18.2 Å². The zero-order valence-electron chi connectivity index (χ0n) is 11.6. The van der Waals surface area contributed by atoms with Crippen LogP contribution in [0.4, 0.5) is 11.4 Å². The average Bonchev–Trinajstić information content (AvgIpc) is 2.90. The number of hydrogen-bond donors (Lipinski definition) is 1. The third kappa shape index (κ3) is 4.08. The molecule has 1 aliphatic rings. The largest absolute Gasteiger partial charge is 0.379 e. The molecule has 110 valence electrons. The molecule has 0 amide bonds. The molecule has 6 heteroatoms. The molecule has 0 aliphatic carbocycles. The molecule has 0 aromatic heterocycles. The molecule has 1 atom stereocenters. The monoisotopic (exact) mass is 297 g/mol. The van der Waals surface area contributed by atoms with E-state index in [-0.39, 0.29) is 5.69 Å². The van der Waals surface area contributed by atoms with Gasteiger partial charge in [-0.25, -0.2) is 0 Å². The lowest BCUT2D eigenvalue weighted by molar-refractivity contribution is -0.383. The minimum atomic E-state index is -0.403. The fourth-order valence-corrected chi connectivity index (χ4v) is 2.73. The molecule has 1 unspecified atom stereocenters. The summed E-state index contributed by atoms with van der Waals surface area (Å²) in [5.74, 6) is 0.448. The van der Waals surface area contributed by atoms with Crippen LogP contribution >= 0.6 is 11.6 Å². The number of nitrogens with zero attached hydrogens (tertiary/aromatic N) is 2. The molecule has 1 aromatic carbocycles. The number of anilines is 1. The highest BCUT2D eigenvalue weighted by Crippen LogP contribution is 2.27. The first kappa shape index (κ1) is 15.1. The first-order valence-electron chi connectivity index (χ1n) is 6.96. The van der Waals surface area contributed by atoms with Gasteiger partial charge in [-0.3, -0.25) is 10.1 Å². The molecule has 0 saturated carbocycles. The van der Waals surface area contributed by atoms with Crippen LogP contribution in [0.1, 0.15) is 19.8 Å². The average molecular weight is 298 g/mol. The molecule has 1 aliphatic heterocycles. The van der Waals surface area contributed by atoms with E-state index >= 15 is 0 Å². The van der Waals surface area contributed by atoms with Crippen LogP contribution in [-0.2, 0) is 0 Å². The fraction of sp³-hybridized carbons (Fsp3) is 0.571. The smallest absolute Gasteiger partial charge is 0.293 e.